The number of nitro groups is 1. The third-order valence-corrected chi connectivity index (χ3v) is 2.39. The van der Waals surface area contributed by atoms with E-state index in [-0.39, 0.29) is 17.2 Å². The Morgan fingerprint density at radius 1 is 1.44 bits per heavy atom. The van der Waals surface area contributed by atoms with Gasteiger partial charge in [0.05, 0.1) is 16.6 Å². The Hall–Kier alpha value is -1.95. The van der Waals surface area contributed by atoms with Crippen LogP contribution in [-0.4, -0.2) is 23.3 Å². The lowest BCUT2D eigenvalue weighted by Crippen LogP contribution is -2.13. The minimum absolute atomic E-state index is 0.0569. The van der Waals surface area contributed by atoms with E-state index in [1.165, 1.54) is 12.1 Å². The van der Waals surface area contributed by atoms with E-state index in [2.05, 4.69) is 4.74 Å². The van der Waals surface area contributed by atoms with Crippen molar-refractivity contribution in [1.29, 1.82) is 0 Å². The van der Waals surface area contributed by atoms with E-state index in [9.17, 15) is 19.7 Å². The van der Waals surface area contributed by atoms with Crippen LogP contribution in [0.4, 0.5) is 5.69 Å². The average molecular weight is 272 g/mol. The first kappa shape index (κ1) is 14.1. The van der Waals surface area contributed by atoms with Gasteiger partial charge in [-0.1, -0.05) is 17.7 Å². The number of hydrogen-bond acceptors (Lipinski definition) is 5. The Balaban J connectivity index is 3.05. The van der Waals surface area contributed by atoms with Gasteiger partial charge in [0.1, 0.15) is 12.0 Å². The molecule has 1 aromatic carbocycles. The van der Waals surface area contributed by atoms with Gasteiger partial charge in [-0.2, -0.15) is 0 Å². The molecule has 0 amide bonds. The second kappa shape index (κ2) is 6.11. The molecule has 0 aromatic heterocycles. The number of hydrogen-bond donors (Lipinski definition) is 0. The number of nitro benzene ring substituents is 1. The maximum atomic E-state index is 11.8. The van der Waals surface area contributed by atoms with E-state index in [1.54, 1.807) is 6.92 Å². The molecule has 1 aromatic rings. The normalized spacial score (nSPS) is 9.89. The van der Waals surface area contributed by atoms with Gasteiger partial charge in [-0.15, -0.1) is 0 Å². The third-order valence-electron chi connectivity index (χ3n) is 2.08. The van der Waals surface area contributed by atoms with Crippen molar-refractivity contribution in [2.75, 3.05) is 6.61 Å². The Morgan fingerprint density at radius 3 is 2.67 bits per heavy atom. The summed E-state index contributed by atoms with van der Waals surface area (Å²) in [6.45, 7) is 1.73. The van der Waals surface area contributed by atoms with Crippen molar-refractivity contribution in [3.05, 3.63) is 38.9 Å². The first-order valence-electron chi connectivity index (χ1n) is 5.09. The van der Waals surface area contributed by atoms with Crippen LogP contribution in [0, 0.1) is 10.1 Å². The number of Topliss-reactive ketones (excluding diaryl/α,β-unsaturated/α-hetero) is 1. The second-order valence-electron chi connectivity index (χ2n) is 3.30. The zero-order chi connectivity index (χ0) is 13.7. The molecule has 0 saturated carbocycles. The molecule has 1 rings (SSSR count). The number of carbonyl (C=O) groups is 2. The standard InChI is InChI=1S/C11H10ClNO5/c1-2-18-10(15)6-9(14)11-7(12)4-3-5-8(11)13(16)17/h3-5H,2,6H2,1H3. The number of nitrogens with zero attached hydrogens (tertiary/aromatic N) is 1. The molecule has 0 fully saturated rings. The highest BCUT2D eigenvalue weighted by atomic mass is 35.5. The van der Waals surface area contributed by atoms with Gasteiger partial charge in [-0.25, -0.2) is 0 Å². The van der Waals surface area contributed by atoms with Crippen LogP contribution in [0.2, 0.25) is 5.02 Å². The van der Waals surface area contributed by atoms with Crippen LogP contribution < -0.4 is 0 Å². The molecule has 0 aliphatic heterocycles. The van der Waals surface area contributed by atoms with Crippen LogP contribution in [0.15, 0.2) is 18.2 Å². The van der Waals surface area contributed by atoms with Gasteiger partial charge >= 0.3 is 5.97 Å². The molecule has 0 heterocycles. The summed E-state index contributed by atoms with van der Waals surface area (Å²) in [5.41, 5.74) is -0.686. The number of rotatable bonds is 5. The Labute approximate surface area is 108 Å². The first-order chi connectivity index (χ1) is 8.47. The number of benzene rings is 1. The maximum Gasteiger partial charge on any atom is 0.313 e. The number of carbonyl (C=O) groups excluding carboxylic acids is 2. The fourth-order valence-electron chi connectivity index (χ4n) is 1.37. The van der Waals surface area contributed by atoms with E-state index in [1.807, 2.05) is 0 Å². The van der Waals surface area contributed by atoms with Crippen LogP contribution >= 0.6 is 11.6 Å². The first-order valence-corrected chi connectivity index (χ1v) is 5.46. The summed E-state index contributed by atoms with van der Waals surface area (Å²) in [4.78, 5) is 33.0. The van der Waals surface area contributed by atoms with Crippen molar-refractivity contribution in [3.63, 3.8) is 0 Å². The highest BCUT2D eigenvalue weighted by Crippen LogP contribution is 2.27. The topological polar surface area (TPSA) is 86.5 Å². The van der Waals surface area contributed by atoms with E-state index in [0.717, 1.165) is 6.07 Å². The zero-order valence-electron chi connectivity index (χ0n) is 9.51. The molecule has 18 heavy (non-hydrogen) atoms. The minimum atomic E-state index is -0.739. The zero-order valence-corrected chi connectivity index (χ0v) is 10.3. The van der Waals surface area contributed by atoms with E-state index in [0.29, 0.717) is 0 Å². The highest BCUT2D eigenvalue weighted by Gasteiger charge is 2.25. The highest BCUT2D eigenvalue weighted by molar-refractivity contribution is 6.35. The van der Waals surface area contributed by atoms with Gasteiger partial charge in [0, 0.05) is 6.07 Å². The van der Waals surface area contributed by atoms with Crippen molar-refractivity contribution in [2.45, 2.75) is 13.3 Å². The van der Waals surface area contributed by atoms with E-state index < -0.39 is 28.8 Å². The molecule has 0 aliphatic rings. The average Bonchev–Trinajstić information content (AvgIpc) is 2.28. The lowest BCUT2D eigenvalue weighted by atomic mass is 10.1. The molecular formula is C11H10ClNO5. The summed E-state index contributed by atoms with van der Waals surface area (Å²) in [5, 5.41) is 10.7. The Morgan fingerprint density at radius 2 is 2.11 bits per heavy atom. The summed E-state index contributed by atoms with van der Waals surface area (Å²) in [7, 11) is 0. The van der Waals surface area contributed by atoms with Crippen molar-refractivity contribution in [3.8, 4) is 0 Å². The molecular weight excluding hydrogens is 262 g/mol. The van der Waals surface area contributed by atoms with E-state index in [4.69, 9.17) is 11.6 Å². The molecule has 0 unspecified atom stereocenters. The number of halogens is 1. The quantitative estimate of drug-likeness (QED) is 0.270. The molecule has 6 nitrogen and oxygen atoms in total. The Kier molecular flexibility index (Phi) is 4.79. The van der Waals surface area contributed by atoms with Crippen molar-refractivity contribution in [1.82, 2.24) is 0 Å². The number of esters is 1. The van der Waals surface area contributed by atoms with Gasteiger partial charge in [-0.05, 0) is 13.0 Å². The summed E-state index contributed by atoms with van der Waals surface area (Å²) in [6, 6.07) is 3.87. The van der Waals surface area contributed by atoms with Gasteiger partial charge < -0.3 is 4.74 Å². The summed E-state index contributed by atoms with van der Waals surface area (Å²) in [5.74, 6) is -1.47. The molecule has 0 radical (unpaired) electrons. The lowest BCUT2D eigenvalue weighted by Gasteiger charge is -2.04. The molecule has 96 valence electrons. The van der Waals surface area contributed by atoms with Crippen LogP contribution in [0.1, 0.15) is 23.7 Å². The summed E-state index contributed by atoms with van der Waals surface area (Å²) < 4.78 is 4.60. The molecule has 0 N–H and O–H groups in total. The minimum Gasteiger partial charge on any atom is -0.466 e. The van der Waals surface area contributed by atoms with Gasteiger partial charge in [-0.3, -0.25) is 19.7 Å². The van der Waals surface area contributed by atoms with Crippen molar-refractivity contribution in [2.24, 2.45) is 0 Å². The SMILES string of the molecule is CCOC(=O)CC(=O)c1c(Cl)cccc1[N+](=O)[O-]. The largest absolute Gasteiger partial charge is 0.466 e. The van der Waals surface area contributed by atoms with Crippen molar-refractivity contribution < 1.29 is 19.2 Å². The molecule has 0 atom stereocenters. The molecule has 0 saturated heterocycles. The van der Waals surface area contributed by atoms with Crippen LogP contribution in [0.25, 0.3) is 0 Å². The van der Waals surface area contributed by atoms with Crippen LogP contribution in [0.3, 0.4) is 0 Å². The lowest BCUT2D eigenvalue weighted by molar-refractivity contribution is -0.385. The fraction of sp³-hybridized carbons (Fsp3) is 0.273. The molecule has 0 spiro atoms. The smallest absolute Gasteiger partial charge is 0.313 e. The van der Waals surface area contributed by atoms with Crippen molar-refractivity contribution >= 4 is 29.0 Å². The third kappa shape index (κ3) is 3.27. The molecule has 0 bridgehead atoms. The van der Waals surface area contributed by atoms with Crippen LogP contribution in [-0.2, 0) is 9.53 Å². The summed E-state index contributed by atoms with van der Waals surface area (Å²) in [6.07, 6.45) is -0.571. The Bertz CT molecular complexity index is 500. The predicted octanol–water partition coefficient (Wildman–Crippen LogP) is 2.38. The van der Waals surface area contributed by atoms with Gasteiger partial charge in [0.25, 0.3) is 5.69 Å². The maximum absolute atomic E-state index is 11.8. The fourth-order valence-corrected chi connectivity index (χ4v) is 1.65. The predicted molar refractivity (Wildman–Crippen MR) is 63.7 cm³/mol. The second-order valence-corrected chi connectivity index (χ2v) is 3.70. The van der Waals surface area contributed by atoms with Gasteiger partial charge in [0.15, 0.2) is 5.78 Å². The molecule has 0 aliphatic carbocycles. The van der Waals surface area contributed by atoms with E-state index >= 15 is 0 Å². The number of ketones is 1. The van der Waals surface area contributed by atoms with Crippen LogP contribution in [0.5, 0.6) is 0 Å². The molecule has 7 heteroatoms. The number of ether oxygens (including phenoxy) is 1. The summed E-state index contributed by atoms with van der Waals surface area (Å²) >= 11 is 5.75. The monoisotopic (exact) mass is 271 g/mol. The van der Waals surface area contributed by atoms with Gasteiger partial charge in [0.2, 0.25) is 0 Å².